The monoisotopic (exact) mass is 298 g/mol. The number of esters is 1. The Balaban J connectivity index is 1.89. The Kier molecular flexibility index (Phi) is 5.28. The summed E-state index contributed by atoms with van der Waals surface area (Å²) in [7, 11) is 3.23. The Morgan fingerprint density at radius 1 is 1.33 bits per heavy atom. The van der Waals surface area contributed by atoms with E-state index in [-0.39, 0.29) is 17.5 Å². The average molecular weight is 298 g/mol. The predicted octanol–water partition coefficient (Wildman–Crippen LogP) is 1.55. The Morgan fingerprint density at radius 2 is 2.10 bits per heavy atom. The zero-order valence-corrected chi connectivity index (χ0v) is 13.7. The van der Waals surface area contributed by atoms with E-state index in [0.717, 1.165) is 51.7 Å². The molecule has 5 heteroatoms. The van der Waals surface area contributed by atoms with E-state index in [1.807, 2.05) is 0 Å². The lowest BCUT2D eigenvalue weighted by Crippen LogP contribution is -2.53. The lowest BCUT2D eigenvalue weighted by Gasteiger charge is -2.40. The number of hydrogen-bond acceptors (Lipinski definition) is 5. The molecule has 21 heavy (non-hydrogen) atoms. The molecule has 1 saturated carbocycles. The van der Waals surface area contributed by atoms with Gasteiger partial charge in [-0.1, -0.05) is 6.42 Å². The van der Waals surface area contributed by atoms with Gasteiger partial charge in [-0.15, -0.1) is 0 Å². The van der Waals surface area contributed by atoms with Crippen LogP contribution in [0.4, 0.5) is 0 Å². The molecule has 2 aliphatic rings. The summed E-state index contributed by atoms with van der Waals surface area (Å²) in [5.74, 6) is -0.00829. The summed E-state index contributed by atoms with van der Waals surface area (Å²) in [6, 6.07) is 0. The molecule has 0 radical (unpaired) electrons. The van der Waals surface area contributed by atoms with Crippen LogP contribution in [-0.2, 0) is 14.3 Å². The van der Waals surface area contributed by atoms with Crippen molar-refractivity contribution in [1.82, 2.24) is 4.90 Å². The first kappa shape index (κ1) is 16.7. The van der Waals surface area contributed by atoms with Crippen LogP contribution in [0.1, 0.15) is 45.4 Å². The maximum atomic E-state index is 12.0. The third-order valence-corrected chi connectivity index (χ3v) is 5.46. The van der Waals surface area contributed by atoms with E-state index in [4.69, 9.17) is 15.2 Å². The van der Waals surface area contributed by atoms with Crippen LogP contribution in [0.3, 0.4) is 0 Å². The predicted molar refractivity (Wildman–Crippen MR) is 82.0 cm³/mol. The minimum Gasteiger partial charge on any atom is -0.468 e. The van der Waals surface area contributed by atoms with Crippen molar-refractivity contribution in [2.24, 2.45) is 11.7 Å². The number of carbonyl (C=O) groups excluding carboxylic acids is 1. The largest absolute Gasteiger partial charge is 0.468 e. The maximum absolute atomic E-state index is 12.0. The van der Waals surface area contributed by atoms with E-state index < -0.39 is 5.54 Å². The normalized spacial score (nSPS) is 37.6. The van der Waals surface area contributed by atoms with Crippen LogP contribution >= 0.6 is 0 Å². The number of likely N-dealkylation sites (tertiary alicyclic amines) is 1. The number of nitrogens with zero attached hydrogens (tertiary/aromatic N) is 1. The van der Waals surface area contributed by atoms with Gasteiger partial charge in [-0.05, 0) is 58.0 Å². The highest BCUT2D eigenvalue weighted by atomic mass is 16.5. The van der Waals surface area contributed by atoms with Crippen molar-refractivity contribution in [2.45, 2.75) is 56.6 Å². The topological polar surface area (TPSA) is 64.8 Å². The molecule has 0 amide bonds. The van der Waals surface area contributed by atoms with Crippen LogP contribution in [0.25, 0.3) is 0 Å². The Bertz CT molecular complexity index is 377. The van der Waals surface area contributed by atoms with Gasteiger partial charge in [0.1, 0.15) is 5.54 Å². The molecule has 2 fully saturated rings. The summed E-state index contributed by atoms with van der Waals surface area (Å²) in [5.41, 5.74) is 5.53. The number of carbonyl (C=O) groups is 1. The molecule has 0 bridgehead atoms. The third kappa shape index (κ3) is 3.58. The van der Waals surface area contributed by atoms with Gasteiger partial charge in [0.15, 0.2) is 0 Å². The molecule has 3 unspecified atom stereocenters. The van der Waals surface area contributed by atoms with Gasteiger partial charge < -0.3 is 20.1 Å². The summed E-state index contributed by atoms with van der Waals surface area (Å²) in [6.45, 7) is 5.24. The molecular weight excluding hydrogens is 268 g/mol. The number of nitrogens with two attached hydrogens (primary N) is 1. The number of hydrogen-bond donors (Lipinski definition) is 1. The molecule has 1 aliphatic carbocycles. The van der Waals surface area contributed by atoms with Gasteiger partial charge in [0.2, 0.25) is 0 Å². The minimum atomic E-state index is -0.769. The molecule has 122 valence electrons. The zero-order chi connectivity index (χ0) is 15.5. The van der Waals surface area contributed by atoms with Crippen LogP contribution < -0.4 is 5.73 Å². The highest BCUT2D eigenvalue weighted by Gasteiger charge is 2.46. The van der Waals surface area contributed by atoms with Gasteiger partial charge in [0.05, 0.1) is 12.7 Å². The fourth-order valence-electron chi connectivity index (χ4n) is 3.97. The Hall–Kier alpha value is -0.650. The fraction of sp³-hybridized carbons (Fsp3) is 0.938. The fourth-order valence-corrected chi connectivity index (χ4v) is 3.97. The van der Waals surface area contributed by atoms with Gasteiger partial charge in [-0.2, -0.15) is 0 Å². The minimum absolute atomic E-state index is 0.0317. The second-order valence-corrected chi connectivity index (χ2v) is 6.94. The third-order valence-electron chi connectivity index (χ3n) is 5.46. The van der Waals surface area contributed by atoms with Crippen LogP contribution in [0.2, 0.25) is 0 Å². The molecular formula is C16H30N2O3. The summed E-state index contributed by atoms with van der Waals surface area (Å²) in [4.78, 5) is 14.4. The van der Waals surface area contributed by atoms with Crippen LogP contribution in [-0.4, -0.2) is 55.9 Å². The summed E-state index contributed by atoms with van der Waals surface area (Å²) >= 11 is 0. The van der Waals surface area contributed by atoms with E-state index in [0.29, 0.717) is 0 Å². The second-order valence-electron chi connectivity index (χ2n) is 6.94. The van der Waals surface area contributed by atoms with Gasteiger partial charge in [0.25, 0.3) is 0 Å². The van der Waals surface area contributed by atoms with Crippen molar-refractivity contribution in [3.05, 3.63) is 0 Å². The van der Waals surface area contributed by atoms with Crippen molar-refractivity contribution in [3.8, 4) is 0 Å². The Labute approximate surface area is 128 Å². The molecule has 1 heterocycles. The van der Waals surface area contributed by atoms with Gasteiger partial charge in [0, 0.05) is 13.7 Å². The lowest BCUT2D eigenvalue weighted by molar-refractivity contribution is -0.148. The Morgan fingerprint density at radius 3 is 2.76 bits per heavy atom. The molecule has 3 atom stereocenters. The number of piperidine rings is 1. The van der Waals surface area contributed by atoms with Gasteiger partial charge in [-0.3, -0.25) is 4.79 Å². The van der Waals surface area contributed by atoms with Crippen LogP contribution in [0.5, 0.6) is 0 Å². The molecule has 0 spiro atoms. The first-order chi connectivity index (χ1) is 9.93. The lowest BCUT2D eigenvalue weighted by atomic mass is 9.85. The maximum Gasteiger partial charge on any atom is 0.326 e. The van der Waals surface area contributed by atoms with Crippen molar-refractivity contribution in [2.75, 3.05) is 33.9 Å². The smallest absolute Gasteiger partial charge is 0.326 e. The number of methoxy groups -OCH3 is 2. The standard InChI is InChI=1S/C16H30N2O3/c1-15(21-3)8-5-10-18(12-15)11-7-13-6-4-9-16(13,17)14(19)20-2/h13H,4-12,17H2,1-3H3. The number of ether oxygens (including phenoxy) is 2. The molecule has 5 nitrogen and oxygen atoms in total. The van der Waals surface area contributed by atoms with E-state index in [2.05, 4.69) is 11.8 Å². The van der Waals surface area contributed by atoms with Gasteiger partial charge >= 0.3 is 5.97 Å². The average Bonchev–Trinajstić information content (AvgIpc) is 2.87. The molecule has 2 rings (SSSR count). The first-order valence-electron chi connectivity index (χ1n) is 8.08. The quantitative estimate of drug-likeness (QED) is 0.780. The summed E-state index contributed by atoms with van der Waals surface area (Å²) in [6.07, 6.45) is 6.05. The van der Waals surface area contributed by atoms with Gasteiger partial charge in [-0.25, -0.2) is 0 Å². The van der Waals surface area contributed by atoms with E-state index in [1.165, 1.54) is 13.5 Å². The molecule has 0 aromatic rings. The molecule has 1 saturated heterocycles. The van der Waals surface area contributed by atoms with E-state index in [9.17, 15) is 4.79 Å². The van der Waals surface area contributed by atoms with Crippen molar-refractivity contribution in [1.29, 1.82) is 0 Å². The second kappa shape index (κ2) is 6.63. The highest BCUT2D eigenvalue weighted by molar-refractivity contribution is 5.81. The van der Waals surface area contributed by atoms with Crippen molar-refractivity contribution < 1.29 is 14.3 Å². The SMILES string of the molecule is COC(=O)C1(N)CCCC1CCN1CCCC(C)(OC)C1. The van der Waals surface area contributed by atoms with Crippen molar-refractivity contribution in [3.63, 3.8) is 0 Å². The summed E-state index contributed by atoms with van der Waals surface area (Å²) < 4.78 is 10.5. The molecule has 0 aromatic heterocycles. The zero-order valence-electron chi connectivity index (χ0n) is 13.7. The van der Waals surface area contributed by atoms with Crippen LogP contribution in [0, 0.1) is 5.92 Å². The first-order valence-corrected chi connectivity index (χ1v) is 8.08. The van der Waals surface area contributed by atoms with E-state index in [1.54, 1.807) is 7.11 Å². The number of rotatable bonds is 5. The van der Waals surface area contributed by atoms with Crippen molar-refractivity contribution >= 4 is 5.97 Å². The highest BCUT2D eigenvalue weighted by Crippen LogP contribution is 2.37. The summed E-state index contributed by atoms with van der Waals surface area (Å²) in [5, 5.41) is 0. The molecule has 2 N–H and O–H groups in total. The van der Waals surface area contributed by atoms with Crippen LogP contribution in [0.15, 0.2) is 0 Å². The van der Waals surface area contributed by atoms with E-state index >= 15 is 0 Å². The molecule has 0 aromatic carbocycles. The molecule has 1 aliphatic heterocycles.